The van der Waals surface area contributed by atoms with Crippen LogP contribution in [0, 0.1) is 0 Å². The lowest BCUT2D eigenvalue weighted by atomic mass is 10.2. The molecule has 1 aromatic carbocycles. The van der Waals surface area contributed by atoms with Gasteiger partial charge in [-0.25, -0.2) is 0 Å². The van der Waals surface area contributed by atoms with Crippen molar-refractivity contribution in [2.75, 3.05) is 7.11 Å². The molecule has 0 spiro atoms. The van der Waals surface area contributed by atoms with E-state index < -0.39 is 0 Å². The van der Waals surface area contributed by atoms with Crippen LogP contribution in [0.25, 0.3) is 0 Å². The fourth-order valence-electron chi connectivity index (χ4n) is 1.63. The van der Waals surface area contributed by atoms with E-state index in [0.717, 1.165) is 30.0 Å². The number of aromatic nitrogens is 2. The Morgan fingerprint density at radius 2 is 2.05 bits per heavy atom. The molecule has 1 heterocycles. The molecule has 2 aromatic rings. The average molecular weight is 279 g/mol. The van der Waals surface area contributed by atoms with Crippen molar-refractivity contribution in [2.24, 2.45) is 5.73 Å². The molecule has 2 N–H and O–H groups in total. The van der Waals surface area contributed by atoms with Gasteiger partial charge in [0.2, 0.25) is 0 Å². The van der Waals surface area contributed by atoms with Crippen LogP contribution in [0.15, 0.2) is 18.2 Å². The Morgan fingerprint density at radius 3 is 2.74 bits per heavy atom. The molecule has 5 nitrogen and oxygen atoms in total. The summed E-state index contributed by atoms with van der Waals surface area (Å²) in [5.74, 6) is 2.21. The van der Waals surface area contributed by atoms with Gasteiger partial charge in [-0.2, -0.15) is 9.36 Å². The van der Waals surface area contributed by atoms with Gasteiger partial charge in [-0.1, -0.05) is 6.92 Å². The summed E-state index contributed by atoms with van der Waals surface area (Å²) >= 11 is 1.26. The Bertz CT molecular complexity index is 520. The van der Waals surface area contributed by atoms with Crippen molar-refractivity contribution < 1.29 is 9.47 Å². The number of methoxy groups -OCH3 is 1. The van der Waals surface area contributed by atoms with Crippen LogP contribution in [-0.2, 0) is 13.0 Å². The van der Waals surface area contributed by atoms with E-state index >= 15 is 0 Å². The van der Waals surface area contributed by atoms with E-state index in [4.69, 9.17) is 15.2 Å². The lowest BCUT2D eigenvalue weighted by Crippen LogP contribution is -1.98. The zero-order valence-electron chi connectivity index (χ0n) is 11.0. The first-order valence-electron chi connectivity index (χ1n) is 6.13. The lowest BCUT2D eigenvalue weighted by molar-refractivity contribution is 0.408. The third-order valence-corrected chi connectivity index (χ3v) is 3.17. The minimum absolute atomic E-state index is 0.435. The van der Waals surface area contributed by atoms with Crippen LogP contribution < -0.4 is 15.2 Å². The number of hydrogen-bond donors (Lipinski definition) is 1. The van der Waals surface area contributed by atoms with Gasteiger partial charge in [-0.3, -0.25) is 0 Å². The van der Waals surface area contributed by atoms with Crippen LogP contribution in [0.1, 0.15) is 24.7 Å². The van der Waals surface area contributed by atoms with Crippen LogP contribution in [0.3, 0.4) is 0 Å². The van der Waals surface area contributed by atoms with Crippen molar-refractivity contribution >= 4 is 11.5 Å². The van der Waals surface area contributed by atoms with Crippen LogP contribution in [0.2, 0.25) is 0 Å². The highest BCUT2D eigenvalue weighted by molar-refractivity contribution is 7.07. The summed E-state index contributed by atoms with van der Waals surface area (Å²) in [6.45, 7) is 2.53. The number of hydrogen-bond acceptors (Lipinski definition) is 6. The van der Waals surface area contributed by atoms with Gasteiger partial charge in [0.1, 0.15) is 17.3 Å². The summed E-state index contributed by atoms with van der Waals surface area (Å²) in [5.41, 5.74) is 6.59. The number of benzene rings is 1. The Hall–Kier alpha value is -1.66. The van der Waals surface area contributed by atoms with E-state index in [1.54, 1.807) is 13.2 Å². The molecule has 0 aliphatic rings. The normalized spacial score (nSPS) is 10.5. The zero-order chi connectivity index (χ0) is 13.7. The maximum Gasteiger partial charge on any atom is 0.298 e. The molecule has 0 aliphatic heterocycles. The molecule has 0 radical (unpaired) electrons. The quantitative estimate of drug-likeness (QED) is 0.880. The van der Waals surface area contributed by atoms with Crippen molar-refractivity contribution in [1.82, 2.24) is 9.36 Å². The maximum atomic E-state index is 5.70. The molecule has 2 rings (SSSR count). The molecule has 0 saturated heterocycles. The molecule has 19 heavy (non-hydrogen) atoms. The predicted molar refractivity (Wildman–Crippen MR) is 74.9 cm³/mol. The maximum absolute atomic E-state index is 5.70. The van der Waals surface area contributed by atoms with Crippen molar-refractivity contribution in [1.29, 1.82) is 0 Å². The SMILES string of the molecule is CCCc1nsc(Oc2cc(CN)cc(OC)c2)n1. The van der Waals surface area contributed by atoms with Gasteiger partial charge < -0.3 is 15.2 Å². The first-order chi connectivity index (χ1) is 9.25. The van der Waals surface area contributed by atoms with Crippen molar-refractivity contribution in [3.63, 3.8) is 0 Å². The minimum atomic E-state index is 0.435. The third kappa shape index (κ3) is 3.65. The van der Waals surface area contributed by atoms with E-state index in [0.29, 0.717) is 17.5 Å². The molecular weight excluding hydrogens is 262 g/mol. The number of nitrogens with zero attached hydrogens (tertiary/aromatic N) is 2. The number of aryl methyl sites for hydroxylation is 1. The standard InChI is InChI=1S/C13H17N3O2S/c1-3-4-12-15-13(19-16-12)18-11-6-9(8-14)5-10(7-11)17-2/h5-7H,3-4,8,14H2,1-2H3. The smallest absolute Gasteiger partial charge is 0.298 e. The van der Waals surface area contributed by atoms with Gasteiger partial charge in [-0.05, 0) is 24.1 Å². The van der Waals surface area contributed by atoms with Gasteiger partial charge in [0.15, 0.2) is 0 Å². The molecule has 0 aliphatic carbocycles. The fourth-order valence-corrected chi connectivity index (χ4v) is 2.23. The predicted octanol–water partition coefficient (Wildman–Crippen LogP) is 2.75. The Balaban J connectivity index is 2.16. The number of ether oxygens (including phenoxy) is 2. The van der Waals surface area contributed by atoms with Crippen molar-refractivity contribution in [3.05, 3.63) is 29.6 Å². The van der Waals surface area contributed by atoms with E-state index in [1.165, 1.54) is 11.5 Å². The second kappa shape index (κ2) is 6.49. The Labute approximate surface area is 116 Å². The van der Waals surface area contributed by atoms with Gasteiger partial charge >= 0.3 is 0 Å². The molecule has 102 valence electrons. The average Bonchev–Trinajstić information content (AvgIpc) is 2.86. The van der Waals surface area contributed by atoms with Crippen molar-refractivity contribution in [3.8, 4) is 16.7 Å². The molecule has 0 bridgehead atoms. The summed E-state index contributed by atoms with van der Waals surface area (Å²) in [7, 11) is 1.61. The molecule has 0 atom stereocenters. The minimum Gasteiger partial charge on any atom is -0.497 e. The number of rotatable bonds is 6. The van der Waals surface area contributed by atoms with E-state index in [-0.39, 0.29) is 0 Å². The van der Waals surface area contributed by atoms with Gasteiger partial charge in [0, 0.05) is 30.6 Å². The van der Waals surface area contributed by atoms with Gasteiger partial charge in [0.25, 0.3) is 5.19 Å². The second-order valence-electron chi connectivity index (χ2n) is 4.05. The highest BCUT2D eigenvalue weighted by atomic mass is 32.1. The Kier molecular flexibility index (Phi) is 4.70. The first-order valence-corrected chi connectivity index (χ1v) is 6.91. The summed E-state index contributed by atoms with van der Waals surface area (Å²) in [6.07, 6.45) is 1.89. The van der Waals surface area contributed by atoms with E-state index in [2.05, 4.69) is 16.3 Å². The molecule has 0 amide bonds. The molecular formula is C13H17N3O2S. The highest BCUT2D eigenvalue weighted by Crippen LogP contribution is 2.28. The highest BCUT2D eigenvalue weighted by Gasteiger charge is 2.07. The van der Waals surface area contributed by atoms with Crippen LogP contribution in [0.4, 0.5) is 0 Å². The van der Waals surface area contributed by atoms with Crippen molar-refractivity contribution in [2.45, 2.75) is 26.3 Å². The van der Waals surface area contributed by atoms with Crippen LogP contribution in [-0.4, -0.2) is 16.5 Å². The fraction of sp³-hybridized carbons (Fsp3) is 0.385. The van der Waals surface area contributed by atoms with Crippen LogP contribution >= 0.6 is 11.5 Å². The van der Waals surface area contributed by atoms with Gasteiger partial charge in [0.05, 0.1) is 7.11 Å². The molecule has 1 aromatic heterocycles. The summed E-state index contributed by atoms with van der Waals surface area (Å²) in [5, 5.41) is 0.541. The topological polar surface area (TPSA) is 70.3 Å². The summed E-state index contributed by atoms with van der Waals surface area (Å²) in [6, 6.07) is 5.57. The first kappa shape index (κ1) is 13.8. The monoisotopic (exact) mass is 279 g/mol. The van der Waals surface area contributed by atoms with Crippen LogP contribution in [0.5, 0.6) is 16.7 Å². The largest absolute Gasteiger partial charge is 0.497 e. The zero-order valence-corrected chi connectivity index (χ0v) is 11.9. The third-order valence-electron chi connectivity index (χ3n) is 2.54. The van der Waals surface area contributed by atoms with Gasteiger partial charge in [-0.15, -0.1) is 0 Å². The van der Waals surface area contributed by atoms with E-state index in [9.17, 15) is 0 Å². The van der Waals surface area contributed by atoms with E-state index in [1.807, 2.05) is 12.1 Å². The molecule has 0 saturated carbocycles. The summed E-state index contributed by atoms with van der Waals surface area (Å²) in [4.78, 5) is 4.32. The lowest BCUT2D eigenvalue weighted by Gasteiger charge is -2.07. The Morgan fingerprint density at radius 1 is 1.26 bits per heavy atom. The summed E-state index contributed by atoms with van der Waals surface area (Å²) < 4.78 is 15.1. The molecule has 0 unspecified atom stereocenters. The number of nitrogens with two attached hydrogens (primary N) is 1. The second-order valence-corrected chi connectivity index (χ2v) is 4.76. The molecule has 6 heteroatoms. The molecule has 0 fully saturated rings.